The molecule has 5 heteroatoms. The minimum atomic E-state index is -0.930. The quantitative estimate of drug-likeness (QED) is 0.760. The number of carbonyl (C=O) groups excluding carboxylic acids is 1. The lowest BCUT2D eigenvalue weighted by atomic mass is 10.1. The Balaban J connectivity index is 2.09. The molecular formula is C21H21NO4. The van der Waals surface area contributed by atoms with E-state index < -0.39 is 5.97 Å². The molecule has 0 aliphatic carbocycles. The Labute approximate surface area is 151 Å². The van der Waals surface area contributed by atoms with Crippen LogP contribution in [0.4, 0.5) is 0 Å². The third-order valence-electron chi connectivity index (χ3n) is 4.60. The second-order valence-corrected chi connectivity index (χ2v) is 6.41. The zero-order chi connectivity index (χ0) is 18.8. The van der Waals surface area contributed by atoms with Crippen LogP contribution in [0.15, 0.2) is 42.5 Å². The molecule has 0 bridgehead atoms. The van der Waals surface area contributed by atoms with Crippen LogP contribution in [0.3, 0.4) is 0 Å². The minimum absolute atomic E-state index is 0.0850. The highest BCUT2D eigenvalue weighted by Crippen LogP contribution is 2.30. The lowest BCUT2D eigenvalue weighted by Gasteiger charge is -2.08. The summed E-state index contributed by atoms with van der Waals surface area (Å²) in [5.41, 5.74) is 4.07. The summed E-state index contributed by atoms with van der Waals surface area (Å²) >= 11 is 0. The molecule has 0 saturated carbocycles. The summed E-state index contributed by atoms with van der Waals surface area (Å²) in [6.07, 6.45) is 0.115. The van der Waals surface area contributed by atoms with E-state index >= 15 is 0 Å². The number of carbonyl (C=O) groups is 2. The average Bonchev–Trinajstić information content (AvgIpc) is 2.88. The van der Waals surface area contributed by atoms with Crippen LogP contribution < -0.4 is 4.74 Å². The Morgan fingerprint density at radius 1 is 1.04 bits per heavy atom. The molecule has 0 aliphatic rings. The number of nitrogens with zero attached hydrogens (tertiary/aromatic N) is 1. The maximum absolute atomic E-state index is 13.0. The summed E-state index contributed by atoms with van der Waals surface area (Å²) in [5.74, 6) is -0.383. The standard InChI is InChI=1S/C21H21NO4/c1-13-4-6-15(7-5-13)10-20(23)22-14(2)17(12-21(24)25)18-11-16(26-3)8-9-19(18)22/h4-9,11H,10,12H2,1-3H3,(H,24,25). The van der Waals surface area contributed by atoms with Gasteiger partial charge in [-0.25, -0.2) is 0 Å². The van der Waals surface area contributed by atoms with E-state index in [0.717, 1.165) is 16.5 Å². The molecule has 0 aliphatic heterocycles. The lowest BCUT2D eigenvalue weighted by Crippen LogP contribution is -2.15. The fourth-order valence-electron chi connectivity index (χ4n) is 3.24. The van der Waals surface area contributed by atoms with E-state index in [-0.39, 0.29) is 18.7 Å². The van der Waals surface area contributed by atoms with Crippen LogP contribution in [-0.4, -0.2) is 28.7 Å². The molecule has 0 fully saturated rings. The van der Waals surface area contributed by atoms with E-state index in [1.54, 1.807) is 36.8 Å². The van der Waals surface area contributed by atoms with Crippen LogP contribution >= 0.6 is 0 Å². The van der Waals surface area contributed by atoms with Gasteiger partial charge in [-0.2, -0.15) is 0 Å². The van der Waals surface area contributed by atoms with Crippen molar-refractivity contribution in [2.24, 2.45) is 0 Å². The number of aliphatic carboxylic acids is 1. The summed E-state index contributed by atoms with van der Waals surface area (Å²) < 4.78 is 6.88. The van der Waals surface area contributed by atoms with E-state index in [1.165, 1.54) is 0 Å². The van der Waals surface area contributed by atoms with Crippen LogP contribution in [0.1, 0.15) is 27.2 Å². The number of hydrogen-bond donors (Lipinski definition) is 1. The number of rotatable bonds is 5. The number of benzene rings is 2. The molecule has 0 unspecified atom stereocenters. The summed E-state index contributed by atoms with van der Waals surface area (Å²) in [4.78, 5) is 24.3. The zero-order valence-electron chi connectivity index (χ0n) is 15.1. The Bertz CT molecular complexity index is 983. The molecule has 2 aromatic carbocycles. The normalized spacial score (nSPS) is 10.9. The minimum Gasteiger partial charge on any atom is -0.497 e. The Morgan fingerprint density at radius 2 is 1.73 bits per heavy atom. The second kappa shape index (κ2) is 7.04. The lowest BCUT2D eigenvalue weighted by molar-refractivity contribution is -0.136. The first kappa shape index (κ1) is 17.7. The van der Waals surface area contributed by atoms with E-state index in [1.807, 2.05) is 31.2 Å². The van der Waals surface area contributed by atoms with Crippen molar-refractivity contribution in [1.29, 1.82) is 0 Å². The van der Waals surface area contributed by atoms with Crippen LogP contribution in [0.25, 0.3) is 10.9 Å². The fraction of sp³-hybridized carbons (Fsp3) is 0.238. The molecule has 3 aromatic rings. The van der Waals surface area contributed by atoms with Gasteiger partial charge in [0.1, 0.15) is 5.75 Å². The van der Waals surface area contributed by atoms with Crippen molar-refractivity contribution < 1.29 is 19.4 Å². The maximum atomic E-state index is 13.0. The molecule has 0 atom stereocenters. The molecule has 1 N–H and O–H groups in total. The van der Waals surface area contributed by atoms with Gasteiger partial charge >= 0.3 is 5.97 Å². The topological polar surface area (TPSA) is 68.5 Å². The molecule has 134 valence electrons. The van der Waals surface area contributed by atoms with Gasteiger partial charge in [0.15, 0.2) is 0 Å². The predicted octanol–water partition coefficient (Wildman–Crippen LogP) is 3.78. The molecule has 3 rings (SSSR count). The van der Waals surface area contributed by atoms with Crippen molar-refractivity contribution in [3.8, 4) is 5.75 Å². The van der Waals surface area contributed by atoms with Crippen molar-refractivity contribution in [1.82, 2.24) is 4.57 Å². The largest absolute Gasteiger partial charge is 0.497 e. The van der Waals surface area contributed by atoms with E-state index in [4.69, 9.17) is 4.74 Å². The average molecular weight is 351 g/mol. The van der Waals surface area contributed by atoms with Crippen molar-refractivity contribution in [2.75, 3.05) is 7.11 Å². The maximum Gasteiger partial charge on any atom is 0.307 e. The predicted molar refractivity (Wildman–Crippen MR) is 100 cm³/mol. The molecule has 1 heterocycles. The molecule has 0 radical (unpaired) electrons. The smallest absolute Gasteiger partial charge is 0.307 e. The van der Waals surface area contributed by atoms with Gasteiger partial charge < -0.3 is 9.84 Å². The van der Waals surface area contributed by atoms with Crippen molar-refractivity contribution in [3.05, 3.63) is 64.8 Å². The van der Waals surface area contributed by atoms with Gasteiger partial charge in [0.25, 0.3) is 0 Å². The highest BCUT2D eigenvalue weighted by Gasteiger charge is 2.21. The molecular weight excluding hydrogens is 330 g/mol. The SMILES string of the molecule is COc1ccc2c(c1)c(CC(=O)O)c(C)n2C(=O)Cc1ccc(C)cc1. The van der Waals surface area contributed by atoms with Gasteiger partial charge in [0.05, 0.1) is 25.5 Å². The van der Waals surface area contributed by atoms with Crippen molar-refractivity contribution in [2.45, 2.75) is 26.7 Å². The molecule has 26 heavy (non-hydrogen) atoms. The molecule has 5 nitrogen and oxygen atoms in total. The van der Waals surface area contributed by atoms with Gasteiger partial charge in [-0.15, -0.1) is 0 Å². The van der Waals surface area contributed by atoms with Crippen molar-refractivity contribution >= 4 is 22.8 Å². The molecule has 0 amide bonds. The molecule has 0 saturated heterocycles. The van der Waals surface area contributed by atoms with E-state index in [9.17, 15) is 14.7 Å². The van der Waals surface area contributed by atoms with Crippen LogP contribution in [-0.2, 0) is 17.6 Å². The highest BCUT2D eigenvalue weighted by atomic mass is 16.5. The summed E-state index contributed by atoms with van der Waals surface area (Å²) in [7, 11) is 1.56. The summed E-state index contributed by atoms with van der Waals surface area (Å²) in [5, 5.41) is 10.00. The number of methoxy groups -OCH3 is 1. The third kappa shape index (κ3) is 3.33. The van der Waals surface area contributed by atoms with Gasteiger partial charge in [-0.05, 0) is 43.2 Å². The molecule has 0 spiro atoms. The number of ether oxygens (including phenoxy) is 1. The monoisotopic (exact) mass is 351 g/mol. The van der Waals surface area contributed by atoms with Gasteiger partial charge in [0, 0.05) is 11.1 Å². The van der Waals surface area contributed by atoms with Crippen molar-refractivity contribution in [3.63, 3.8) is 0 Å². The molecule has 1 aromatic heterocycles. The van der Waals surface area contributed by atoms with Gasteiger partial charge in [-0.3, -0.25) is 14.2 Å². The summed E-state index contributed by atoms with van der Waals surface area (Å²) in [6, 6.07) is 13.2. The number of aryl methyl sites for hydroxylation is 1. The first-order valence-corrected chi connectivity index (χ1v) is 8.39. The van der Waals surface area contributed by atoms with Crippen LogP contribution in [0, 0.1) is 13.8 Å². The Kier molecular flexibility index (Phi) is 4.80. The van der Waals surface area contributed by atoms with Crippen LogP contribution in [0.2, 0.25) is 0 Å². The van der Waals surface area contributed by atoms with Gasteiger partial charge in [-0.1, -0.05) is 29.8 Å². The van der Waals surface area contributed by atoms with E-state index in [2.05, 4.69) is 0 Å². The van der Waals surface area contributed by atoms with E-state index in [0.29, 0.717) is 22.5 Å². The third-order valence-corrected chi connectivity index (χ3v) is 4.60. The zero-order valence-corrected chi connectivity index (χ0v) is 15.1. The Morgan fingerprint density at radius 3 is 2.35 bits per heavy atom. The highest BCUT2D eigenvalue weighted by molar-refractivity contribution is 5.98. The number of carboxylic acids is 1. The number of hydrogen-bond acceptors (Lipinski definition) is 3. The Hall–Kier alpha value is -3.08. The number of aromatic nitrogens is 1. The first-order chi connectivity index (χ1) is 12.4. The fourth-order valence-corrected chi connectivity index (χ4v) is 3.24. The number of fused-ring (bicyclic) bond motifs is 1. The number of carboxylic acid groups (broad SMARTS) is 1. The summed E-state index contributed by atoms with van der Waals surface area (Å²) in [6.45, 7) is 3.79. The van der Waals surface area contributed by atoms with Gasteiger partial charge in [0.2, 0.25) is 5.91 Å². The first-order valence-electron chi connectivity index (χ1n) is 8.39. The van der Waals surface area contributed by atoms with Crippen LogP contribution in [0.5, 0.6) is 5.75 Å². The second-order valence-electron chi connectivity index (χ2n) is 6.41.